The number of aliphatic hydroxyl groups excluding tert-OH is 1. The molecular weight excluding hydrogens is 248 g/mol. The third kappa shape index (κ3) is 3.38. The number of hydrogen-bond acceptors (Lipinski definition) is 4. The molecule has 2 N–H and O–H groups in total. The van der Waals surface area contributed by atoms with Crippen LogP contribution in [0, 0.1) is 11.8 Å². The van der Waals surface area contributed by atoms with Gasteiger partial charge in [0.25, 0.3) is 0 Å². The van der Waals surface area contributed by atoms with Crippen molar-refractivity contribution in [2.45, 2.75) is 20.0 Å². The molecule has 0 aliphatic rings. The van der Waals surface area contributed by atoms with Gasteiger partial charge in [0.2, 0.25) is 0 Å². The number of carboxylic acid groups (broad SMARTS) is 1. The largest absolute Gasteiger partial charge is 0.497 e. The molecule has 0 aromatic heterocycles. The molecule has 3 atom stereocenters. The van der Waals surface area contributed by atoms with Gasteiger partial charge in [0.1, 0.15) is 11.5 Å². The number of hydrogen-bond donors (Lipinski definition) is 2. The smallest absolute Gasteiger partial charge is 0.306 e. The van der Waals surface area contributed by atoms with Gasteiger partial charge in [-0.15, -0.1) is 0 Å². The van der Waals surface area contributed by atoms with Gasteiger partial charge in [-0.1, -0.05) is 13.8 Å². The molecule has 5 nitrogen and oxygen atoms in total. The standard InChI is InChI=1S/C14H20O5/c1-8(9(2)14(16)17)13(15)11-6-5-10(18-3)7-12(11)19-4/h5-9,13,15H,1-4H3,(H,16,17). The highest BCUT2D eigenvalue weighted by molar-refractivity contribution is 5.70. The summed E-state index contributed by atoms with van der Waals surface area (Å²) in [4.78, 5) is 11.0. The lowest BCUT2D eigenvalue weighted by atomic mass is 9.86. The molecule has 1 aromatic rings. The number of methoxy groups -OCH3 is 2. The summed E-state index contributed by atoms with van der Waals surface area (Å²) in [5.41, 5.74) is 0.559. The lowest BCUT2D eigenvalue weighted by Crippen LogP contribution is -2.24. The van der Waals surface area contributed by atoms with Crippen molar-refractivity contribution in [3.05, 3.63) is 23.8 Å². The SMILES string of the molecule is COc1ccc(C(O)C(C)C(C)C(=O)O)c(OC)c1. The Bertz CT molecular complexity index is 443. The van der Waals surface area contributed by atoms with Crippen molar-refractivity contribution >= 4 is 5.97 Å². The monoisotopic (exact) mass is 268 g/mol. The van der Waals surface area contributed by atoms with Crippen LogP contribution in [0.3, 0.4) is 0 Å². The van der Waals surface area contributed by atoms with Crippen LogP contribution in [0.5, 0.6) is 11.5 Å². The minimum absolute atomic E-state index is 0.431. The van der Waals surface area contributed by atoms with Crippen molar-refractivity contribution in [2.75, 3.05) is 14.2 Å². The molecule has 0 amide bonds. The molecule has 19 heavy (non-hydrogen) atoms. The fraction of sp³-hybridized carbons (Fsp3) is 0.500. The predicted molar refractivity (Wildman–Crippen MR) is 70.5 cm³/mol. The van der Waals surface area contributed by atoms with Gasteiger partial charge in [-0.05, 0) is 18.1 Å². The van der Waals surface area contributed by atoms with Crippen molar-refractivity contribution in [1.29, 1.82) is 0 Å². The molecule has 5 heteroatoms. The zero-order valence-corrected chi connectivity index (χ0v) is 11.6. The Morgan fingerprint density at radius 2 is 1.84 bits per heavy atom. The summed E-state index contributed by atoms with van der Waals surface area (Å²) < 4.78 is 10.3. The van der Waals surface area contributed by atoms with Crippen molar-refractivity contribution in [3.63, 3.8) is 0 Å². The molecule has 0 heterocycles. The van der Waals surface area contributed by atoms with Crippen LogP contribution in [0.15, 0.2) is 18.2 Å². The highest BCUT2D eigenvalue weighted by Gasteiger charge is 2.28. The van der Waals surface area contributed by atoms with Gasteiger partial charge < -0.3 is 19.7 Å². The van der Waals surface area contributed by atoms with Gasteiger partial charge in [-0.25, -0.2) is 0 Å². The Morgan fingerprint density at radius 3 is 2.32 bits per heavy atom. The van der Waals surface area contributed by atoms with Gasteiger partial charge in [0, 0.05) is 11.6 Å². The highest BCUT2D eigenvalue weighted by atomic mass is 16.5. The molecule has 0 aliphatic heterocycles. The molecule has 3 unspecified atom stereocenters. The number of carboxylic acids is 1. The van der Waals surface area contributed by atoms with Crippen LogP contribution in [-0.2, 0) is 4.79 Å². The van der Waals surface area contributed by atoms with Gasteiger partial charge >= 0.3 is 5.97 Å². The predicted octanol–water partition coefficient (Wildman–Crippen LogP) is 2.09. The first-order valence-corrected chi connectivity index (χ1v) is 6.05. The zero-order chi connectivity index (χ0) is 14.6. The Hall–Kier alpha value is -1.75. The second-order valence-corrected chi connectivity index (χ2v) is 4.54. The first kappa shape index (κ1) is 15.3. The van der Waals surface area contributed by atoms with E-state index in [2.05, 4.69) is 0 Å². The van der Waals surface area contributed by atoms with E-state index in [0.717, 1.165) is 0 Å². The molecule has 0 spiro atoms. The fourth-order valence-corrected chi connectivity index (χ4v) is 1.84. The van der Waals surface area contributed by atoms with Gasteiger partial charge in [0.15, 0.2) is 0 Å². The molecule has 0 radical (unpaired) electrons. The Balaban J connectivity index is 3.04. The fourth-order valence-electron chi connectivity index (χ4n) is 1.84. The molecule has 1 rings (SSSR count). The third-order valence-electron chi connectivity index (χ3n) is 3.44. The molecule has 0 bridgehead atoms. The first-order valence-electron chi connectivity index (χ1n) is 6.05. The molecule has 1 aromatic carbocycles. The van der Waals surface area contributed by atoms with Crippen molar-refractivity contribution in [2.24, 2.45) is 11.8 Å². The maximum atomic E-state index is 11.0. The average molecular weight is 268 g/mol. The number of ether oxygens (including phenoxy) is 2. The van der Waals surface area contributed by atoms with E-state index in [1.54, 1.807) is 39.2 Å². The van der Waals surface area contributed by atoms with Crippen LogP contribution in [-0.4, -0.2) is 30.4 Å². The Kier molecular flexibility index (Phi) is 5.18. The summed E-state index contributed by atoms with van der Waals surface area (Å²) in [5.74, 6) is -0.913. The van der Waals surface area contributed by atoms with E-state index in [4.69, 9.17) is 14.6 Å². The van der Waals surface area contributed by atoms with Crippen LogP contribution >= 0.6 is 0 Å². The average Bonchev–Trinajstić information content (AvgIpc) is 2.43. The maximum Gasteiger partial charge on any atom is 0.306 e. The normalized spacial score (nSPS) is 15.4. The van der Waals surface area contributed by atoms with Crippen LogP contribution in [0.4, 0.5) is 0 Å². The number of rotatable bonds is 6. The summed E-state index contributed by atoms with van der Waals surface area (Å²) in [5, 5.41) is 19.3. The van der Waals surface area contributed by atoms with Crippen LogP contribution in [0.1, 0.15) is 25.5 Å². The lowest BCUT2D eigenvalue weighted by molar-refractivity contribution is -0.144. The molecule has 0 fully saturated rings. The van der Waals surface area contributed by atoms with Crippen molar-refractivity contribution < 1.29 is 24.5 Å². The highest BCUT2D eigenvalue weighted by Crippen LogP contribution is 2.35. The van der Waals surface area contributed by atoms with Crippen molar-refractivity contribution in [3.8, 4) is 11.5 Å². The van der Waals surface area contributed by atoms with E-state index in [9.17, 15) is 9.90 Å². The topological polar surface area (TPSA) is 76.0 Å². The maximum absolute atomic E-state index is 11.0. The minimum atomic E-state index is -0.931. The molecule has 0 saturated heterocycles. The molecular formula is C14H20O5. The number of benzene rings is 1. The molecule has 106 valence electrons. The van der Waals surface area contributed by atoms with E-state index >= 15 is 0 Å². The number of aliphatic hydroxyl groups is 1. The van der Waals surface area contributed by atoms with Gasteiger partial charge in [-0.2, -0.15) is 0 Å². The van der Waals surface area contributed by atoms with Crippen LogP contribution < -0.4 is 9.47 Å². The summed E-state index contributed by atoms with van der Waals surface area (Å²) in [6.45, 7) is 3.28. The minimum Gasteiger partial charge on any atom is -0.497 e. The second-order valence-electron chi connectivity index (χ2n) is 4.54. The third-order valence-corrected chi connectivity index (χ3v) is 3.44. The first-order chi connectivity index (χ1) is 8.92. The summed E-state index contributed by atoms with van der Waals surface area (Å²) in [6.07, 6.45) is -0.910. The Morgan fingerprint density at radius 1 is 1.21 bits per heavy atom. The zero-order valence-electron chi connectivity index (χ0n) is 11.6. The van der Waals surface area contributed by atoms with E-state index in [1.165, 1.54) is 7.11 Å². The Labute approximate surface area is 112 Å². The van der Waals surface area contributed by atoms with Crippen LogP contribution in [0.25, 0.3) is 0 Å². The van der Waals surface area contributed by atoms with E-state index in [0.29, 0.717) is 17.1 Å². The summed E-state index contributed by atoms with van der Waals surface area (Å²) >= 11 is 0. The van der Waals surface area contributed by atoms with E-state index in [-0.39, 0.29) is 0 Å². The van der Waals surface area contributed by atoms with E-state index in [1.807, 2.05) is 0 Å². The van der Waals surface area contributed by atoms with Gasteiger partial charge in [-0.3, -0.25) is 4.79 Å². The number of aliphatic carboxylic acids is 1. The van der Waals surface area contributed by atoms with Crippen LogP contribution in [0.2, 0.25) is 0 Å². The quantitative estimate of drug-likeness (QED) is 0.826. The lowest BCUT2D eigenvalue weighted by Gasteiger charge is -2.24. The summed E-state index contributed by atoms with van der Waals surface area (Å²) in [6, 6.07) is 5.06. The molecule has 0 saturated carbocycles. The molecule has 0 aliphatic carbocycles. The number of carbonyl (C=O) groups is 1. The summed E-state index contributed by atoms with van der Waals surface area (Å²) in [7, 11) is 3.04. The van der Waals surface area contributed by atoms with E-state index < -0.39 is 23.9 Å². The second kappa shape index (κ2) is 6.43. The van der Waals surface area contributed by atoms with Gasteiger partial charge in [0.05, 0.1) is 26.2 Å². The van der Waals surface area contributed by atoms with Crippen molar-refractivity contribution in [1.82, 2.24) is 0 Å².